The Morgan fingerprint density at radius 2 is 1.63 bits per heavy atom. The molecule has 0 spiro atoms. The molecule has 0 fully saturated rings. The molecule has 0 N–H and O–H groups in total. The molecule has 4 heteroatoms. The second-order valence-electron chi connectivity index (χ2n) is 6.53. The molecule has 2 aromatic heterocycles. The highest BCUT2D eigenvalue weighted by Gasteiger charge is 2.15. The molecule has 2 aromatic carbocycles. The second kappa shape index (κ2) is 7.41. The average molecular weight is 372 g/mol. The number of hydrogen-bond acceptors (Lipinski definition) is 3. The topological polar surface area (TPSA) is 34.9 Å². The SMILES string of the molecule is Cc1cc2c(cn1)c(=O)cc(SC(C)c1ccccc1)n2-c1ccccc1. The third kappa shape index (κ3) is 3.53. The molecule has 134 valence electrons. The molecule has 2 heterocycles. The van der Waals surface area contributed by atoms with Crippen LogP contribution in [0, 0.1) is 6.92 Å². The number of aromatic nitrogens is 2. The van der Waals surface area contributed by atoms with Crippen molar-refractivity contribution < 1.29 is 0 Å². The average Bonchev–Trinajstić information content (AvgIpc) is 2.69. The van der Waals surface area contributed by atoms with Gasteiger partial charge >= 0.3 is 0 Å². The molecule has 0 aliphatic heterocycles. The smallest absolute Gasteiger partial charge is 0.192 e. The van der Waals surface area contributed by atoms with Crippen molar-refractivity contribution in [2.75, 3.05) is 0 Å². The van der Waals surface area contributed by atoms with E-state index in [2.05, 4.69) is 40.7 Å². The summed E-state index contributed by atoms with van der Waals surface area (Å²) >= 11 is 1.70. The molecular weight excluding hydrogens is 352 g/mol. The molecule has 0 aliphatic carbocycles. The van der Waals surface area contributed by atoms with Gasteiger partial charge in [-0.15, -0.1) is 0 Å². The summed E-state index contributed by atoms with van der Waals surface area (Å²) in [5, 5.41) is 1.79. The van der Waals surface area contributed by atoms with Crippen molar-refractivity contribution >= 4 is 22.7 Å². The van der Waals surface area contributed by atoms with Crippen LogP contribution in [0.3, 0.4) is 0 Å². The summed E-state index contributed by atoms with van der Waals surface area (Å²) in [5.74, 6) is 0. The second-order valence-corrected chi connectivity index (χ2v) is 7.89. The Morgan fingerprint density at radius 1 is 0.963 bits per heavy atom. The molecule has 3 nitrogen and oxygen atoms in total. The fraction of sp³-hybridized carbons (Fsp3) is 0.130. The molecule has 0 saturated carbocycles. The Labute approximate surface area is 162 Å². The summed E-state index contributed by atoms with van der Waals surface area (Å²) in [5.41, 5.74) is 4.07. The van der Waals surface area contributed by atoms with Gasteiger partial charge in [0.2, 0.25) is 0 Å². The van der Waals surface area contributed by atoms with Crippen LogP contribution in [0.5, 0.6) is 0 Å². The molecule has 4 aromatic rings. The van der Waals surface area contributed by atoms with E-state index in [9.17, 15) is 4.79 Å². The zero-order chi connectivity index (χ0) is 18.8. The fourth-order valence-corrected chi connectivity index (χ4v) is 4.34. The van der Waals surface area contributed by atoms with Crippen LogP contribution in [0.1, 0.15) is 23.4 Å². The summed E-state index contributed by atoms with van der Waals surface area (Å²) in [6.45, 7) is 4.12. The number of thioether (sulfide) groups is 1. The molecule has 0 aliphatic rings. The maximum atomic E-state index is 12.7. The van der Waals surface area contributed by atoms with Crippen molar-refractivity contribution in [3.63, 3.8) is 0 Å². The maximum Gasteiger partial charge on any atom is 0.192 e. The van der Waals surface area contributed by atoms with E-state index in [0.717, 1.165) is 21.9 Å². The lowest BCUT2D eigenvalue weighted by atomic mass is 10.2. The van der Waals surface area contributed by atoms with Crippen LogP contribution in [0.15, 0.2) is 88.8 Å². The Morgan fingerprint density at radius 3 is 2.33 bits per heavy atom. The van der Waals surface area contributed by atoms with E-state index in [4.69, 9.17) is 0 Å². The molecular formula is C23H20N2OS. The van der Waals surface area contributed by atoms with Gasteiger partial charge in [0.15, 0.2) is 5.43 Å². The number of hydrogen-bond donors (Lipinski definition) is 0. The van der Waals surface area contributed by atoms with Gasteiger partial charge in [0, 0.05) is 28.9 Å². The summed E-state index contributed by atoms with van der Waals surface area (Å²) in [6.07, 6.45) is 1.68. The quantitative estimate of drug-likeness (QED) is 0.441. The van der Waals surface area contributed by atoms with Crippen LogP contribution in [0.25, 0.3) is 16.6 Å². The lowest BCUT2D eigenvalue weighted by molar-refractivity contribution is 0.944. The zero-order valence-electron chi connectivity index (χ0n) is 15.3. The van der Waals surface area contributed by atoms with E-state index in [0.29, 0.717) is 5.39 Å². The van der Waals surface area contributed by atoms with Gasteiger partial charge in [-0.3, -0.25) is 9.78 Å². The third-order valence-corrected chi connectivity index (χ3v) is 5.75. The first-order valence-corrected chi connectivity index (χ1v) is 9.81. The van der Waals surface area contributed by atoms with Crippen LogP contribution in [0.4, 0.5) is 0 Å². The standard InChI is InChI=1S/C23H20N2OS/c1-16-13-21-20(15-24-16)22(26)14-23(25(21)19-11-7-4-8-12-19)27-17(2)18-9-5-3-6-10-18/h3-15,17H,1-2H3. The van der Waals surface area contributed by atoms with E-state index in [-0.39, 0.29) is 10.7 Å². The third-order valence-electron chi connectivity index (χ3n) is 4.58. The van der Waals surface area contributed by atoms with E-state index >= 15 is 0 Å². The number of para-hydroxylation sites is 1. The van der Waals surface area contributed by atoms with Crippen LogP contribution < -0.4 is 5.43 Å². The van der Waals surface area contributed by atoms with Crippen LogP contribution >= 0.6 is 11.8 Å². The van der Waals surface area contributed by atoms with Gasteiger partial charge in [-0.05, 0) is 37.6 Å². The van der Waals surface area contributed by atoms with Crippen molar-refractivity contribution in [1.82, 2.24) is 9.55 Å². The molecule has 0 amide bonds. The predicted molar refractivity (Wildman–Crippen MR) is 113 cm³/mol. The Hall–Kier alpha value is -2.85. The number of fused-ring (bicyclic) bond motifs is 1. The fourth-order valence-electron chi connectivity index (χ4n) is 3.20. The summed E-state index contributed by atoms with van der Waals surface area (Å²) in [7, 11) is 0. The van der Waals surface area contributed by atoms with Crippen molar-refractivity contribution in [3.8, 4) is 5.69 Å². The minimum Gasteiger partial charge on any atom is -0.304 e. The van der Waals surface area contributed by atoms with Gasteiger partial charge in [-0.2, -0.15) is 0 Å². The molecule has 1 atom stereocenters. The maximum absolute atomic E-state index is 12.7. The Kier molecular flexibility index (Phi) is 4.82. The lowest BCUT2D eigenvalue weighted by Gasteiger charge is -2.19. The highest BCUT2D eigenvalue weighted by atomic mass is 32.2. The van der Waals surface area contributed by atoms with Crippen molar-refractivity contribution in [3.05, 3.63) is 100 Å². The molecule has 4 rings (SSSR count). The van der Waals surface area contributed by atoms with Crippen LogP contribution in [0.2, 0.25) is 0 Å². The minimum atomic E-state index is 0.00689. The number of nitrogens with zero attached hydrogens (tertiary/aromatic N) is 2. The highest BCUT2D eigenvalue weighted by Crippen LogP contribution is 2.36. The van der Waals surface area contributed by atoms with Gasteiger partial charge in [0.05, 0.1) is 15.9 Å². The number of pyridine rings is 2. The monoisotopic (exact) mass is 372 g/mol. The van der Waals surface area contributed by atoms with E-state index in [1.165, 1.54) is 5.56 Å². The molecule has 0 bridgehead atoms. The molecule has 1 unspecified atom stereocenters. The Bertz CT molecular complexity index is 1140. The van der Waals surface area contributed by atoms with Gasteiger partial charge in [-0.25, -0.2) is 0 Å². The van der Waals surface area contributed by atoms with Crippen molar-refractivity contribution in [2.45, 2.75) is 24.1 Å². The number of aryl methyl sites for hydroxylation is 1. The molecule has 27 heavy (non-hydrogen) atoms. The Balaban J connectivity index is 1.93. The first kappa shape index (κ1) is 17.6. The highest BCUT2D eigenvalue weighted by molar-refractivity contribution is 7.99. The predicted octanol–water partition coefficient (Wildman–Crippen LogP) is 5.55. The van der Waals surface area contributed by atoms with Gasteiger partial charge in [-0.1, -0.05) is 60.3 Å². The summed E-state index contributed by atoms with van der Waals surface area (Å²) in [4.78, 5) is 17.1. The van der Waals surface area contributed by atoms with Gasteiger partial charge in [0.25, 0.3) is 0 Å². The van der Waals surface area contributed by atoms with Crippen molar-refractivity contribution in [2.24, 2.45) is 0 Å². The minimum absolute atomic E-state index is 0.00689. The van der Waals surface area contributed by atoms with Gasteiger partial charge in [0.1, 0.15) is 0 Å². The summed E-state index contributed by atoms with van der Waals surface area (Å²) in [6, 6.07) is 24.2. The van der Waals surface area contributed by atoms with Crippen LogP contribution in [-0.2, 0) is 0 Å². The first-order valence-electron chi connectivity index (χ1n) is 8.93. The van der Waals surface area contributed by atoms with Crippen LogP contribution in [-0.4, -0.2) is 9.55 Å². The van der Waals surface area contributed by atoms with E-state index in [1.807, 2.05) is 49.4 Å². The molecule has 0 radical (unpaired) electrons. The van der Waals surface area contributed by atoms with E-state index < -0.39 is 0 Å². The number of rotatable bonds is 4. The normalized spacial score (nSPS) is 12.2. The van der Waals surface area contributed by atoms with Crippen molar-refractivity contribution in [1.29, 1.82) is 0 Å². The summed E-state index contributed by atoms with van der Waals surface area (Å²) < 4.78 is 2.16. The van der Waals surface area contributed by atoms with E-state index in [1.54, 1.807) is 24.0 Å². The first-order chi connectivity index (χ1) is 13.1. The lowest BCUT2D eigenvalue weighted by Crippen LogP contribution is -2.11. The largest absolute Gasteiger partial charge is 0.304 e. The number of benzene rings is 2. The molecule has 0 saturated heterocycles. The zero-order valence-corrected chi connectivity index (χ0v) is 16.1. The van der Waals surface area contributed by atoms with Gasteiger partial charge < -0.3 is 4.57 Å².